The van der Waals surface area contributed by atoms with Crippen LogP contribution in [-0.4, -0.2) is 34.3 Å². The van der Waals surface area contributed by atoms with Crippen LogP contribution < -0.4 is 5.32 Å². The third-order valence-electron chi connectivity index (χ3n) is 4.33. The van der Waals surface area contributed by atoms with Crippen LogP contribution in [0.4, 0.5) is 0 Å². The van der Waals surface area contributed by atoms with Gasteiger partial charge in [0.2, 0.25) is 11.8 Å². The maximum Gasteiger partial charge on any atom is 0.245 e. The zero-order chi connectivity index (χ0) is 17.8. The Labute approximate surface area is 156 Å². The molecule has 5 nitrogen and oxygen atoms in total. The molecule has 25 heavy (non-hydrogen) atoms. The Bertz CT molecular complexity index is 813. The van der Waals surface area contributed by atoms with Gasteiger partial charge in [-0.1, -0.05) is 30.3 Å². The molecule has 7 heteroatoms. The maximum absolute atomic E-state index is 12.7. The normalized spacial score (nSPS) is 17.6. The predicted molar refractivity (Wildman–Crippen MR) is 101 cm³/mol. The Morgan fingerprint density at radius 2 is 2.16 bits per heavy atom. The Kier molecular flexibility index (Phi) is 5.65. The summed E-state index contributed by atoms with van der Waals surface area (Å²) >= 11 is 6.51. The zero-order valence-corrected chi connectivity index (χ0v) is 15.7. The molecule has 2 N–H and O–H groups in total. The molecule has 1 atom stereocenters. The van der Waals surface area contributed by atoms with Crippen molar-refractivity contribution in [1.82, 2.24) is 15.2 Å². The van der Waals surface area contributed by atoms with Crippen molar-refractivity contribution in [2.75, 3.05) is 6.54 Å². The predicted octanol–water partition coefficient (Wildman–Crippen LogP) is 2.96. The maximum atomic E-state index is 12.7. The van der Waals surface area contributed by atoms with Gasteiger partial charge in [0.15, 0.2) is 3.95 Å². The Morgan fingerprint density at radius 1 is 1.40 bits per heavy atom. The molecule has 1 aromatic heterocycles. The highest BCUT2D eigenvalue weighted by molar-refractivity contribution is 7.73. The van der Waals surface area contributed by atoms with E-state index in [1.807, 2.05) is 42.2 Å². The lowest BCUT2D eigenvalue weighted by Gasteiger charge is -2.32. The number of amides is 2. The van der Waals surface area contributed by atoms with E-state index in [1.54, 1.807) is 0 Å². The summed E-state index contributed by atoms with van der Waals surface area (Å²) < 4.78 is 0.670. The highest BCUT2D eigenvalue weighted by atomic mass is 32.1. The van der Waals surface area contributed by atoms with Gasteiger partial charge in [-0.15, -0.1) is 11.3 Å². The summed E-state index contributed by atoms with van der Waals surface area (Å²) in [6, 6.07) is 9.49. The fraction of sp³-hybridized carbons (Fsp3) is 0.389. The topological polar surface area (TPSA) is 65.2 Å². The van der Waals surface area contributed by atoms with E-state index < -0.39 is 6.04 Å². The van der Waals surface area contributed by atoms with Crippen LogP contribution in [0, 0.1) is 10.9 Å². The number of aromatic amines is 1. The van der Waals surface area contributed by atoms with Gasteiger partial charge in [0.05, 0.1) is 6.42 Å². The van der Waals surface area contributed by atoms with Gasteiger partial charge in [0.1, 0.15) is 6.04 Å². The number of carbonyl (C=O) groups excluding carboxylic acids is 2. The summed E-state index contributed by atoms with van der Waals surface area (Å²) in [7, 11) is 0. The number of thiazole rings is 1. The quantitative estimate of drug-likeness (QED) is 0.790. The number of aromatic nitrogens is 1. The monoisotopic (exact) mass is 375 g/mol. The van der Waals surface area contributed by atoms with Crippen LogP contribution in [0.3, 0.4) is 0 Å². The van der Waals surface area contributed by atoms with Crippen LogP contribution in [0.25, 0.3) is 0 Å². The van der Waals surface area contributed by atoms with Crippen molar-refractivity contribution in [2.45, 2.75) is 38.8 Å². The van der Waals surface area contributed by atoms with Gasteiger partial charge in [0, 0.05) is 23.7 Å². The highest BCUT2D eigenvalue weighted by Crippen LogP contribution is 2.17. The zero-order valence-electron chi connectivity index (χ0n) is 14.1. The third-order valence-corrected chi connectivity index (χ3v) is 5.66. The Hall–Kier alpha value is -1.99. The molecule has 0 bridgehead atoms. The van der Waals surface area contributed by atoms with E-state index in [0.717, 1.165) is 29.1 Å². The molecule has 132 valence electrons. The lowest BCUT2D eigenvalue weighted by atomic mass is 10.0. The van der Waals surface area contributed by atoms with Gasteiger partial charge >= 0.3 is 0 Å². The summed E-state index contributed by atoms with van der Waals surface area (Å²) in [5, 5.41) is 2.90. The number of aryl methyl sites for hydroxylation is 1. The van der Waals surface area contributed by atoms with Crippen molar-refractivity contribution in [3.8, 4) is 0 Å². The van der Waals surface area contributed by atoms with E-state index in [9.17, 15) is 9.59 Å². The van der Waals surface area contributed by atoms with E-state index in [-0.39, 0.29) is 18.2 Å². The molecule has 2 amide bonds. The second-order valence-electron chi connectivity index (χ2n) is 6.25. The SMILES string of the molecule is Cc1[nH]c(=S)sc1CC(=O)N[C@@H]1CCCN(Cc2ccccc2)C1=O. The molecule has 0 radical (unpaired) electrons. The molecule has 0 unspecified atom stereocenters. The fourth-order valence-electron chi connectivity index (χ4n) is 3.03. The fourth-order valence-corrected chi connectivity index (χ4v) is 4.32. The Morgan fingerprint density at radius 3 is 2.84 bits per heavy atom. The molecule has 2 heterocycles. The average Bonchev–Trinajstić information content (AvgIpc) is 2.89. The molecule has 0 aliphatic carbocycles. The van der Waals surface area contributed by atoms with Crippen molar-refractivity contribution >= 4 is 35.4 Å². The Balaban J connectivity index is 1.60. The number of piperidine rings is 1. The minimum absolute atomic E-state index is 0.00174. The lowest BCUT2D eigenvalue weighted by Crippen LogP contribution is -2.52. The number of nitrogens with zero attached hydrogens (tertiary/aromatic N) is 1. The minimum Gasteiger partial charge on any atom is -0.344 e. The van der Waals surface area contributed by atoms with E-state index in [2.05, 4.69) is 10.3 Å². The molecule has 1 saturated heterocycles. The highest BCUT2D eigenvalue weighted by Gasteiger charge is 2.29. The first-order valence-electron chi connectivity index (χ1n) is 8.33. The van der Waals surface area contributed by atoms with Gasteiger partial charge in [-0.3, -0.25) is 9.59 Å². The molecule has 2 aromatic rings. The van der Waals surface area contributed by atoms with Gasteiger partial charge in [-0.25, -0.2) is 0 Å². The van der Waals surface area contributed by atoms with E-state index in [4.69, 9.17) is 12.2 Å². The van der Waals surface area contributed by atoms with Crippen LogP contribution in [0.5, 0.6) is 0 Å². The molecular weight excluding hydrogens is 354 g/mol. The van der Waals surface area contributed by atoms with Crippen molar-refractivity contribution in [2.24, 2.45) is 0 Å². The summed E-state index contributed by atoms with van der Waals surface area (Å²) in [5.41, 5.74) is 2.02. The van der Waals surface area contributed by atoms with Gasteiger partial charge in [0.25, 0.3) is 0 Å². The van der Waals surface area contributed by atoms with Gasteiger partial charge in [-0.2, -0.15) is 0 Å². The number of H-pyrrole nitrogens is 1. The molecule has 1 aromatic carbocycles. The first-order valence-corrected chi connectivity index (χ1v) is 9.56. The van der Waals surface area contributed by atoms with Crippen molar-refractivity contribution in [3.63, 3.8) is 0 Å². The van der Waals surface area contributed by atoms with Crippen LogP contribution in [-0.2, 0) is 22.6 Å². The number of nitrogens with one attached hydrogen (secondary N) is 2. The summed E-state index contributed by atoms with van der Waals surface area (Å²) in [6.45, 7) is 3.23. The number of hydrogen-bond acceptors (Lipinski definition) is 4. The first-order chi connectivity index (χ1) is 12.0. The summed E-state index contributed by atoms with van der Waals surface area (Å²) in [5.74, 6) is -0.130. The van der Waals surface area contributed by atoms with Crippen LogP contribution in [0.1, 0.15) is 29.0 Å². The molecule has 1 aliphatic rings. The average molecular weight is 376 g/mol. The van der Waals surface area contributed by atoms with E-state index >= 15 is 0 Å². The number of rotatable bonds is 5. The van der Waals surface area contributed by atoms with E-state index in [1.165, 1.54) is 11.3 Å². The smallest absolute Gasteiger partial charge is 0.245 e. The van der Waals surface area contributed by atoms with Crippen molar-refractivity contribution in [3.05, 3.63) is 50.4 Å². The molecule has 0 spiro atoms. The molecule has 1 fully saturated rings. The third kappa shape index (κ3) is 4.55. The van der Waals surface area contributed by atoms with Gasteiger partial charge in [-0.05, 0) is 37.5 Å². The van der Waals surface area contributed by atoms with Crippen LogP contribution in [0.2, 0.25) is 0 Å². The molecular formula is C18H21N3O2S2. The number of hydrogen-bond donors (Lipinski definition) is 2. The summed E-state index contributed by atoms with van der Waals surface area (Å²) in [4.78, 5) is 30.8. The second-order valence-corrected chi connectivity index (χ2v) is 8.02. The largest absolute Gasteiger partial charge is 0.344 e. The molecule has 1 aliphatic heterocycles. The molecule has 3 rings (SSSR count). The second kappa shape index (κ2) is 7.93. The molecule has 0 saturated carbocycles. The van der Waals surface area contributed by atoms with Crippen LogP contribution >= 0.6 is 23.6 Å². The lowest BCUT2D eigenvalue weighted by molar-refractivity contribution is -0.139. The van der Waals surface area contributed by atoms with Crippen molar-refractivity contribution in [1.29, 1.82) is 0 Å². The van der Waals surface area contributed by atoms with Gasteiger partial charge < -0.3 is 15.2 Å². The number of likely N-dealkylation sites (tertiary alicyclic amines) is 1. The summed E-state index contributed by atoms with van der Waals surface area (Å²) in [6.07, 6.45) is 1.84. The van der Waals surface area contributed by atoms with Crippen LogP contribution in [0.15, 0.2) is 30.3 Å². The standard InChI is InChI=1S/C18H21N3O2S2/c1-12-15(25-18(24)19-12)10-16(22)20-14-8-5-9-21(17(14)23)11-13-6-3-2-4-7-13/h2-4,6-7,14H,5,8-11H2,1H3,(H,19,24)(H,20,22)/t14-/m1/s1. The first kappa shape index (κ1) is 17.8. The number of carbonyl (C=O) groups is 2. The minimum atomic E-state index is -0.433. The van der Waals surface area contributed by atoms with E-state index in [0.29, 0.717) is 16.9 Å². The number of benzene rings is 1. The van der Waals surface area contributed by atoms with Crippen molar-refractivity contribution < 1.29 is 9.59 Å².